The number of aryl methyl sites for hydroxylation is 1. The van der Waals surface area contributed by atoms with E-state index >= 15 is 0 Å². The third-order valence-electron chi connectivity index (χ3n) is 6.53. The number of cyclic esters (lactones) is 1. The maximum absolute atomic E-state index is 13.6. The molecule has 0 bridgehead atoms. The summed E-state index contributed by atoms with van der Waals surface area (Å²) in [6, 6.07) is 7.43. The van der Waals surface area contributed by atoms with Crippen molar-refractivity contribution in [3.05, 3.63) is 41.6 Å². The van der Waals surface area contributed by atoms with E-state index in [9.17, 15) is 18.0 Å². The SMILES string of the molecule is Cc1cc(N2CCN(C)CC2)ccc1Nc1cc(NCCCN2CCCOC2=O)c(C(F)(F)F)cn1. The van der Waals surface area contributed by atoms with Crippen LogP contribution in [-0.2, 0) is 10.9 Å². The van der Waals surface area contributed by atoms with Crippen LogP contribution < -0.4 is 15.5 Å². The average Bonchev–Trinajstić information content (AvgIpc) is 2.84. The fourth-order valence-electron chi connectivity index (χ4n) is 4.38. The average molecular weight is 507 g/mol. The number of piperazine rings is 1. The van der Waals surface area contributed by atoms with Gasteiger partial charge in [-0.15, -0.1) is 0 Å². The van der Waals surface area contributed by atoms with Gasteiger partial charge in [0.25, 0.3) is 0 Å². The van der Waals surface area contributed by atoms with Crippen LogP contribution in [0.4, 0.5) is 40.8 Å². The van der Waals surface area contributed by atoms with Gasteiger partial charge in [-0.1, -0.05) is 0 Å². The van der Waals surface area contributed by atoms with Gasteiger partial charge in [-0.3, -0.25) is 0 Å². The first-order chi connectivity index (χ1) is 17.2. The minimum absolute atomic E-state index is 0.0482. The van der Waals surface area contributed by atoms with Gasteiger partial charge in [0.05, 0.1) is 17.9 Å². The smallest absolute Gasteiger partial charge is 0.419 e. The van der Waals surface area contributed by atoms with Crippen molar-refractivity contribution in [1.29, 1.82) is 0 Å². The molecule has 2 fully saturated rings. The number of carbonyl (C=O) groups is 1. The van der Waals surface area contributed by atoms with Crippen LogP contribution in [0.25, 0.3) is 0 Å². The number of nitrogens with one attached hydrogen (secondary N) is 2. The highest BCUT2D eigenvalue weighted by Crippen LogP contribution is 2.36. The van der Waals surface area contributed by atoms with Gasteiger partial charge in [0.1, 0.15) is 5.82 Å². The van der Waals surface area contributed by atoms with Gasteiger partial charge in [0.2, 0.25) is 0 Å². The van der Waals surface area contributed by atoms with Crippen LogP contribution in [0, 0.1) is 6.92 Å². The number of anilines is 4. The number of likely N-dealkylation sites (N-methyl/N-ethyl adjacent to an activating group) is 1. The Kier molecular flexibility index (Phi) is 8.07. The molecule has 2 aliphatic rings. The molecule has 4 rings (SSSR count). The van der Waals surface area contributed by atoms with Crippen LogP contribution in [-0.4, -0.2) is 80.3 Å². The predicted molar refractivity (Wildman–Crippen MR) is 134 cm³/mol. The lowest BCUT2D eigenvalue weighted by molar-refractivity contribution is -0.137. The molecular formula is C25H33F3N6O2. The summed E-state index contributed by atoms with van der Waals surface area (Å²) in [5.74, 6) is 0.320. The van der Waals surface area contributed by atoms with Crippen LogP contribution in [0.3, 0.4) is 0 Å². The van der Waals surface area contributed by atoms with Crippen LogP contribution in [0.2, 0.25) is 0 Å². The van der Waals surface area contributed by atoms with E-state index in [-0.39, 0.29) is 18.3 Å². The zero-order valence-electron chi connectivity index (χ0n) is 20.7. The Morgan fingerprint density at radius 2 is 1.86 bits per heavy atom. The van der Waals surface area contributed by atoms with Gasteiger partial charge >= 0.3 is 12.3 Å². The van der Waals surface area contributed by atoms with Gasteiger partial charge in [-0.2, -0.15) is 13.2 Å². The Balaban J connectivity index is 1.42. The first-order valence-electron chi connectivity index (χ1n) is 12.2. The Labute approximate surface area is 209 Å². The number of hydrogen-bond acceptors (Lipinski definition) is 7. The minimum Gasteiger partial charge on any atom is -0.449 e. The molecule has 0 unspecified atom stereocenters. The molecular weight excluding hydrogens is 473 g/mol. The Bertz CT molecular complexity index is 1060. The molecule has 0 radical (unpaired) electrons. The quantitative estimate of drug-likeness (QED) is 0.509. The summed E-state index contributed by atoms with van der Waals surface area (Å²) in [6.45, 7) is 7.59. The van der Waals surface area contributed by atoms with Crippen molar-refractivity contribution in [3.8, 4) is 0 Å². The largest absolute Gasteiger partial charge is 0.449 e. The number of amides is 1. The first-order valence-corrected chi connectivity index (χ1v) is 12.2. The molecule has 11 heteroatoms. The molecule has 36 heavy (non-hydrogen) atoms. The summed E-state index contributed by atoms with van der Waals surface area (Å²) in [4.78, 5) is 21.9. The Morgan fingerprint density at radius 1 is 1.08 bits per heavy atom. The summed E-state index contributed by atoms with van der Waals surface area (Å²) in [7, 11) is 2.11. The summed E-state index contributed by atoms with van der Waals surface area (Å²) in [6.07, 6.45) is -2.82. The molecule has 2 saturated heterocycles. The number of alkyl halides is 3. The third kappa shape index (κ3) is 6.51. The lowest BCUT2D eigenvalue weighted by atomic mass is 10.1. The van der Waals surface area contributed by atoms with Crippen molar-refractivity contribution in [2.75, 3.05) is 75.0 Å². The van der Waals surface area contributed by atoms with E-state index in [0.29, 0.717) is 31.9 Å². The van der Waals surface area contributed by atoms with Crippen LogP contribution in [0.15, 0.2) is 30.5 Å². The van der Waals surface area contributed by atoms with E-state index in [4.69, 9.17) is 4.74 Å². The number of hydrogen-bond donors (Lipinski definition) is 2. The molecule has 8 nitrogen and oxygen atoms in total. The summed E-state index contributed by atoms with van der Waals surface area (Å²) >= 11 is 0. The standard InChI is InChI=1S/C25H33F3N6O2/c1-18-15-19(33-12-10-32(2)11-13-33)5-6-21(18)31-23-16-22(20(17-30-23)25(26,27)28)29-7-3-8-34-9-4-14-36-24(34)35/h5-6,15-17H,3-4,7-14H2,1-2H3,(H2,29,30,31). The van der Waals surface area contributed by atoms with E-state index in [0.717, 1.165) is 55.7 Å². The molecule has 1 amide bonds. The number of aromatic nitrogens is 1. The topological polar surface area (TPSA) is 73.0 Å². The lowest BCUT2D eigenvalue weighted by Gasteiger charge is -2.34. The molecule has 1 aromatic heterocycles. The van der Waals surface area contributed by atoms with Gasteiger partial charge in [-0.05, 0) is 50.6 Å². The summed E-state index contributed by atoms with van der Waals surface area (Å²) in [5, 5.41) is 6.04. The number of nitrogens with zero attached hydrogens (tertiary/aromatic N) is 4. The van der Waals surface area contributed by atoms with E-state index in [1.54, 1.807) is 4.90 Å². The second kappa shape index (κ2) is 11.2. The van der Waals surface area contributed by atoms with Crippen LogP contribution >= 0.6 is 0 Å². The van der Waals surface area contributed by atoms with E-state index in [2.05, 4.69) is 38.5 Å². The molecule has 2 aromatic rings. The number of rotatable bonds is 8. The number of carbonyl (C=O) groups excluding carboxylic acids is 1. The highest BCUT2D eigenvalue weighted by atomic mass is 19.4. The lowest BCUT2D eigenvalue weighted by Crippen LogP contribution is -2.44. The molecule has 196 valence electrons. The van der Waals surface area contributed by atoms with Crippen LogP contribution in [0.1, 0.15) is 24.0 Å². The van der Waals surface area contributed by atoms with Crippen molar-refractivity contribution >= 4 is 29.0 Å². The molecule has 3 heterocycles. The Morgan fingerprint density at radius 3 is 2.56 bits per heavy atom. The fraction of sp³-hybridized carbons (Fsp3) is 0.520. The van der Waals surface area contributed by atoms with Gasteiger partial charge in [0, 0.05) is 69.5 Å². The molecule has 0 aliphatic carbocycles. The van der Waals surface area contributed by atoms with Gasteiger partial charge in [0.15, 0.2) is 0 Å². The highest BCUT2D eigenvalue weighted by molar-refractivity contribution is 5.69. The van der Waals surface area contributed by atoms with Gasteiger partial charge in [-0.25, -0.2) is 9.78 Å². The van der Waals surface area contributed by atoms with Crippen molar-refractivity contribution in [2.45, 2.75) is 25.9 Å². The maximum atomic E-state index is 13.6. The first kappa shape index (κ1) is 25.9. The van der Waals surface area contributed by atoms with Gasteiger partial charge < -0.3 is 30.1 Å². The molecule has 0 saturated carbocycles. The summed E-state index contributed by atoms with van der Waals surface area (Å²) in [5.41, 5.74) is 2.03. The number of halogens is 3. The third-order valence-corrected chi connectivity index (χ3v) is 6.53. The Hall–Kier alpha value is -3.21. The second-order valence-electron chi connectivity index (χ2n) is 9.26. The summed E-state index contributed by atoms with van der Waals surface area (Å²) < 4.78 is 45.8. The molecule has 2 N–H and O–H groups in total. The number of benzene rings is 1. The fourth-order valence-corrected chi connectivity index (χ4v) is 4.38. The number of ether oxygens (including phenoxy) is 1. The molecule has 0 atom stereocenters. The van der Waals surface area contributed by atoms with Crippen molar-refractivity contribution in [2.24, 2.45) is 0 Å². The van der Waals surface area contributed by atoms with E-state index in [1.807, 2.05) is 19.1 Å². The predicted octanol–water partition coefficient (Wildman–Crippen LogP) is 4.55. The monoisotopic (exact) mass is 506 g/mol. The van der Waals surface area contributed by atoms with Crippen molar-refractivity contribution < 1.29 is 22.7 Å². The van der Waals surface area contributed by atoms with Crippen molar-refractivity contribution in [3.63, 3.8) is 0 Å². The van der Waals surface area contributed by atoms with Crippen molar-refractivity contribution in [1.82, 2.24) is 14.8 Å². The molecule has 0 spiro atoms. The zero-order valence-corrected chi connectivity index (χ0v) is 20.7. The zero-order chi connectivity index (χ0) is 25.7. The maximum Gasteiger partial charge on any atom is 0.419 e. The van der Waals surface area contributed by atoms with E-state index in [1.165, 1.54) is 6.07 Å². The van der Waals surface area contributed by atoms with E-state index < -0.39 is 11.7 Å². The highest BCUT2D eigenvalue weighted by Gasteiger charge is 2.34. The number of pyridine rings is 1. The molecule has 1 aromatic carbocycles. The molecule has 2 aliphatic heterocycles. The second-order valence-corrected chi connectivity index (χ2v) is 9.26. The van der Waals surface area contributed by atoms with Crippen LogP contribution in [0.5, 0.6) is 0 Å². The minimum atomic E-state index is -4.54. The normalized spacial score (nSPS) is 17.2.